The number of piperazine rings is 1. The molecule has 4 heteroatoms. The van der Waals surface area contributed by atoms with Crippen molar-refractivity contribution in [3.8, 4) is 0 Å². The molecule has 0 amide bonds. The van der Waals surface area contributed by atoms with Crippen LogP contribution in [-0.2, 0) is 0 Å². The van der Waals surface area contributed by atoms with Gasteiger partial charge in [-0.05, 0) is 31.9 Å². The highest BCUT2D eigenvalue weighted by Crippen LogP contribution is 2.24. The lowest BCUT2D eigenvalue weighted by atomic mass is 10.00. The minimum Gasteiger partial charge on any atom is -0.326 e. The molecule has 1 saturated heterocycles. The molecular formula is C16H28N4. The monoisotopic (exact) mass is 276 g/mol. The van der Waals surface area contributed by atoms with Gasteiger partial charge >= 0.3 is 0 Å². The second kappa shape index (κ2) is 7.16. The Hall–Kier alpha value is -0.970. The molecule has 3 unspecified atom stereocenters. The van der Waals surface area contributed by atoms with Gasteiger partial charge in [-0.25, -0.2) is 0 Å². The normalized spacial score (nSPS) is 22.4. The zero-order chi connectivity index (χ0) is 14.5. The summed E-state index contributed by atoms with van der Waals surface area (Å²) in [4.78, 5) is 9.34. The molecule has 0 aliphatic carbocycles. The van der Waals surface area contributed by atoms with Crippen LogP contribution in [0, 0.1) is 0 Å². The molecule has 3 atom stereocenters. The standard InChI is InChI=1S/C16H28N4/c1-4-13(2)19-8-10-20(11-9-19)16(14(3)17)15-6-5-7-18-12-15/h5-7,12-14,16H,4,8-11,17H2,1-3H3. The third-order valence-corrected chi connectivity index (χ3v) is 4.48. The van der Waals surface area contributed by atoms with Crippen molar-refractivity contribution in [2.75, 3.05) is 26.2 Å². The lowest BCUT2D eigenvalue weighted by Gasteiger charge is -2.42. The summed E-state index contributed by atoms with van der Waals surface area (Å²) in [6.45, 7) is 11.1. The van der Waals surface area contributed by atoms with Gasteiger partial charge in [0.15, 0.2) is 0 Å². The molecule has 1 fully saturated rings. The molecule has 0 aromatic carbocycles. The number of nitrogens with zero attached hydrogens (tertiary/aromatic N) is 3. The number of hydrogen-bond acceptors (Lipinski definition) is 4. The Morgan fingerprint density at radius 3 is 2.35 bits per heavy atom. The predicted molar refractivity (Wildman–Crippen MR) is 83.5 cm³/mol. The third-order valence-electron chi connectivity index (χ3n) is 4.48. The Bertz CT molecular complexity index is 385. The van der Waals surface area contributed by atoms with E-state index in [-0.39, 0.29) is 12.1 Å². The second-order valence-corrected chi connectivity index (χ2v) is 5.92. The van der Waals surface area contributed by atoms with Crippen LogP contribution >= 0.6 is 0 Å². The van der Waals surface area contributed by atoms with E-state index in [0.29, 0.717) is 6.04 Å². The molecule has 2 rings (SSSR count). The fourth-order valence-electron chi connectivity index (χ4n) is 3.11. The van der Waals surface area contributed by atoms with Gasteiger partial charge in [-0.3, -0.25) is 14.8 Å². The van der Waals surface area contributed by atoms with Crippen LogP contribution in [0.2, 0.25) is 0 Å². The molecule has 112 valence electrons. The summed E-state index contributed by atoms with van der Waals surface area (Å²) in [6.07, 6.45) is 5.00. The van der Waals surface area contributed by atoms with Gasteiger partial charge in [0.2, 0.25) is 0 Å². The van der Waals surface area contributed by atoms with Crippen molar-refractivity contribution in [3.05, 3.63) is 30.1 Å². The molecule has 4 nitrogen and oxygen atoms in total. The molecule has 1 aliphatic heterocycles. The van der Waals surface area contributed by atoms with Crippen molar-refractivity contribution in [3.63, 3.8) is 0 Å². The van der Waals surface area contributed by atoms with Gasteiger partial charge in [0.25, 0.3) is 0 Å². The van der Waals surface area contributed by atoms with Crippen LogP contribution in [0.4, 0.5) is 0 Å². The Morgan fingerprint density at radius 2 is 1.85 bits per heavy atom. The van der Waals surface area contributed by atoms with E-state index in [9.17, 15) is 0 Å². The fraction of sp³-hybridized carbons (Fsp3) is 0.688. The first kappa shape index (κ1) is 15.4. The van der Waals surface area contributed by atoms with Gasteiger partial charge in [0.1, 0.15) is 0 Å². The maximum atomic E-state index is 6.24. The average molecular weight is 276 g/mol. The minimum absolute atomic E-state index is 0.120. The number of pyridine rings is 1. The predicted octanol–water partition coefficient (Wildman–Crippen LogP) is 1.89. The van der Waals surface area contributed by atoms with Crippen LogP contribution in [0.3, 0.4) is 0 Å². The lowest BCUT2D eigenvalue weighted by Crippen LogP contribution is -2.52. The summed E-state index contributed by atoms with van der Waals surface area (Å²) in [6, 6.07) is 5.23. The maximum absolute atomic E-state index is 6.24. The molecule has 0 spiro atoms. The molecule has 2 heterocycles. The van der Waals surface area contributed by atoms with Crippen molar-refractivity contribution < 1.29 is 0 Å². The van der Waals surface area contributed by atoms with Crippen molar-refractivity contribution in [1.29, 1.82) is 0 Å². The van der Waals surface area contributed by atoms with Gasteiger partial charge in [-0.2, -0.15) is 0 Å². The van der Waals surface area contributed by atoms with Gasteiger partial charge in [-0.15, -0.1) is 0 Å². The summed E-state index contributed by atoms with van der Waals surface area (Å²) < 4.78 is 0. The SMILES string of the molecule is CCC(C)N1CCN(C(c2cccnc2)C(C)N)CC1. The third kappa shape index (κ3) is 3.57. The lowest BCUT2D eigenvalue weighted by molar-refractivity contribution is 0.0652. The van der Waals surface area contributed by atoms with Gasteiger partial charge in [0, 0.05) is 50.7 Å². The van der Waals surface area contributed by atoms with E-state index in [1.807, 2.05) is 18.5 Å². The fourth-order valence-corrected chi connectivity index (χ4v) is 3.11. The molecule has 0 radical (unpaired) electrons. The van der Waals surface area contributed by atoms with E-state index in [1.54, 1.807) is 0 Å². The molecule has 0 bridgehead atoms. The van der Waals surface area contributed by atoms with Crippen LogP contribution in [0.25, 0.3) is 0 Å². The van der Waals surface area contributed by atoms with Crippen molar-refractivity contribution >= 4 is 0 Å². The van der Waals surface area contributed by atoms with E-state index in [0.717, 1.165) is 26.2 Å². The molecule has 1 aromatic rings. The summed E-state index contributed by atoms with van der Waals surface area (Å²) in [5, 5.41) is 0. The van der Waals surface area contributed by atoms with Gasteiger partial charge in [0.05, 0.1) is 6.04 Å². The van der Waals surface area contributed by atoms with Crippen LogP contribution in [0.1, 0.15) is 38.8 Å². The quantitative estimate of drug-likeness (QED) is 0.892. The highest BCUT2D eigenvalue weighted by Gasteiger charge is 2.28. The molecule has 2 N–H and O–H groups in total. The second-order valence-electron chi connectivity index (χ2n) is 5.92. The average Bonchev–Trinajstić information content (AvgIpc) is 2.48. The summed E-state index contributed by atoms with van der Waals surface area (Å²) in [7, 11) is 0. The van der Waals surface area contributed by atoms with E-state index in [4.69, 9.17) is 5.73 Å². The van der Waals surface area contributed by atoms with Crippen molar-refractivity contribution in [2.24, 2.45) is 5.73 Å². The molecular weight excluding hydrogens is 248 g/mol. The Labute approximate surface area is 123 Å². The molecule has 0 saturated carbocycles. The maximum Gasteiger partial charge on any atom is 0.0512 e. The molecule has 1 aromatic heterocycles. The number of aromatic nitrogens is 1. The topological polar surface area (TPSA) is 45.4 Å². The van der Waals surface area contributed by atoms with E-state index >= 15 is 0 Å². The van der Waals surface area contributed by atoms with Crippen LogP contribution < -0.4 is 5.73 Å². The minimum atomic E-state index is 0.120. The molecule has 20 heavy (non-hydrogen) atoms. The first-order valence-electron chi connectivity index (χ1n) is 7.77. The van der Waals surface area contributed by atoms with Crippen LogP contribution in [0.5, 0.6) is 0 Å². The number of rotatable bonds is 5. The highest BCUT2D eigenvalue weighted by atomic mass is 15.3. The van der Waals surface area contributed by atoms with E-state index in [1.165, 1.54) is 12.0 Å². The summed E-state index contributed by atoms with van der Waals surface area (Å²) in [5.74, 6) is 0. The van der Waals surface area contributed by atoms with E-state index in [2.05, 4.69) is 41.6 Å². The smallest absolute Gasteiger partial charge is 0.0512 e. The number of hydrogen-bond donors (Lipinski definition) is 1. The van der Waals surface area contributed by atoms with Gasteiger partial charge < -0.3 is 5.73 Å². The first-order valence-corrected chi connectivity index (χ1v) is 7.77. The summed E-state index contributed by atoms with van der Waals surface area (Å²) >= 11 is 0. The Balaban J connectivity index is 2.03. The molecule has 1 aliphatic rings. The highest BCUT2D eigenvalue weighted by molar-refractivity contribution is 5.16. The summed E-state index contributed by atoms with van der Waals surface area (Å²) in [5.41, 5.74) is 7.47. The zero-order valence-electron chi connectivity index (χ0n) is 13.0. The van der Waals surface area contributed by atoms with Gasteiger partial charge in [-0.1, -0.05) is 13.0 Å². The largest absolute Gasteiger partial charge is 0.326 e. The Morgan fingerprint density at radius 1 is 1.20 bits per heavy atom. The number of nitrogens with two attached hydrogens (primary N) is 1. The van der Waals surface area contributed by atoms with Crippen LogP contribution in [-0.4, -0.2) is 53.0 Å². The zero-order valence-corrected chi connectivity index (χ0v) is 13.0. The van der Waals surface area contributed by atoms with Crippen molar-refractivity contribution in [2.45, 2.75) is 45.3 Å². The van der Waals surface area contributed by atoms with Crippen molar-refractivity contribution in [1.82, 2.24) is 14.8 Å². The van der Waals surface area contributed by atoms with E-state index < -0.39 is 0 Å². The Kier molecular flexibility index (Phi) is 5.52. The first-order chi connectivity index (χ1) is 9.63. The van der Waals surface area contributed by atoms with Crippen LogP contribution in [0.15, 0.2) is 24.5 Å².